The molecule has 0 spiro atoms. The summed E-state index contributed by atoms with van der Waals surface area (Å²) >= 11 is 0. The molecule has 1 saturated heterocycles. The Hall–Kier alpha value is -3.68. The number of rotatable bonds is 4. The molecule has 3 aromatic rings. The van der Waals surface area contributed by atoms with E-state index in [1.165, 1.54) is 0 Å². The van der Waals surface area contributed by atoms with E-state index < -0.39 is 23.4 Å². The molecule has 31 heavy (non-hydrogen) atoms. The van der Waals surface area contributed by atoms with Crippen LogP contribution in [0.4, 0.5) is 10.5 Å². The molecule has 1 aliphatic rings. The number of benzene rings is 2. The third-order valence-corrected chi connectivity index (χ3v) is 5.40. The molecular formula is C23H25N5O3. The van der Waals surface area contributed by atoms with Gasteiger partial charge in [0.25, 0.3) is 5.91 Å². The maximum Gasteiger partial charge on any atom is 0.325 e. The van der Waals surface area contributed by atoms with Crippen molar-refractivity contribution < 1.29 is 14.4 Å². The van der Waals surface area contributed by atoms with Gasteiger partial charge in [-0.2, -0.15) is 0 Å². The maximum absolute atomic E-state index is 12.9. The van der Waals surface area contributed by atoms with Gasteiger partial charge >= 0.3 is 6.03 Å². The number of aromatic amines is 1. The molecular weight excluding hydrogens is 394 g/mol. The minimum absolute atomic E-state index is 0.128. The first-order valence-corrected chi connectivity index (χ1v) is 10.1. The van der Waals surface area contributed by atoms with Gasteiger partial charge in [-0.05, 0) is 30.7 Å². The number of urea groups is 1. The predicted octanol–water partition coefficient (Wildman–Crippen LogP) is 3.27. The van der Waals surface area contributed by atoms with Crippen molar-refractivity contribution in [3.05, 3.63) is 59.9 Å². The fourth-order valence-corrected chi connectivity index (χ4v) is 3.59. The number of carbonyl (C=O) groups excluding carboxylic acids is 3. The molecule has 0 radical (unpaired) electrons. The van der Waals surface area contributed by atoms with Gasteiger partial charge in [-0.3, -0.25) is 14.5 Å². The van der Waals surface area contributed by atoms with Gasteiger partial charge in [-0.1, -0.05) is 51.1 Å². The molecule has 0 bridgehead atoms. The van der Waals surface area contributed by atoms with Crippen LogP contribution in [0.15, 0.2) is 48.5 Å². The molecule has 1 atom stereocenters. The van der Waals surface area contributed by atoms with Crippen molar-refractivity contribution >= 4 is 34.6 Å². The number of fused-ring (bicyclic) bond motifs is 1. The van der Waals surface area contributed by atoms with Gasteiger partial charge in [0.1, 0.15) is 17.9 Å². The third-order valence-electron chi connectivity index (χ3n) is 5.40. The van der Waals surface area contributed by atoms with Crippen LogP contribution in [0.5, 0.6) is 0 Å². The lowest BCUT2D eigenvalue weighted by Gasteiger charge is -2.22. The molecule has 8 nitrogen and oxygen atoms in total. The molecule has 0 aliphatic carbocycles. The van der Waals surface area contributed by atoms with E-state index in [0.717, 1.165) is 21.8 Å². The van der Waals surface area contributed by atoms with Crippen LogP contribution in [-0.4, -0.2) is 39.3 Å². The lowest BCUT2D eigenvalue weighted by molar-refractivity contribution is -0.133. The highest BCUT2D eigenvalue weighted by Crippen LogP contribution is 2.29. The Morgan fingerprint density at radius 1 is 1.13 bits per heavy atom. The molecule has 2 heterocycles. The molecule has 2 aromatic carbocycles. The quantitative estimate of drug-likeness (QED) is 0.564. The monoisotopic (exact) mass is 419 g/mol. The first-order chi connectivity index (χ1) is 14.6. The normalized spacial score (nSPS) is 19.0. The van der Waals surface area contributed by atoms with Crippen LogP contribution in [0.3, 0.4) is 0 Å². The zero-order valence-corrected chi connectivity index (χ0v) is 17.9. The Bertz CT molecular complexity index is 1180. The predicted molar refractivity (Wildman–Crippen MR) is 117 cm³/mol. The van der Waals surface area contributed by atoms with Gasteiger partial charge in [-0.25, -0.2) is 9.78 Å². The standard InChI is InChI=1S/C23H25N5O3/c1-22(2,3)19-25-16-11-10-15(12-17(16)26-19)24-18(29)13-28-20(30)23(4,27-21(28)31)14-8-6-5-7-9-14/h5-12H,13H2,1-4H3,(H,24,29)(H,25,26)(H,27,31). The summed E-state index contributed by atoms with van der Waals surface area (Å²) in [4.78, 5) is 46.8. The molecule has 1 aromatic heterocycles. The van der Waals surface area contributed by atoms with E-state index in [1.807, 2.05) is 12.1 Å². The van der Waals surface area contributed by atoms with Crippen molar-refractivity contribution in [1.29, 1.82) is 0 Å². The molecule has 1 unspecified atom stereocenters. The second-order valence-corrected chi connectivity index (χ2v) is 8.93. The first-order valence-electron chi connectivity index (χ1n) is 10.1. The minimum Gasteiger partial charge on any atom is -0.341 e. The van der Waals surface area contributed by atoms with E-state index in [0.29, 0.717) is 11.3 Å². The fraction of sp³-hybridized carbons (Fsp3) is 0.304. The molecule has 4 rings (SSSR count). The molecule has 160 valence electrons. The molecule has 8 heteroatoms. The molecule has 4 amide bonds. The Morgan fingerprint density at radius 2 is 1.84 bits per heavy atom. The Labute approximate surface area is 180 Å². The Balaban J connectivity index is 1.48. The van der Waals surface area contributed by atoms with E-state index in [2.05, 4.69) is 41.4 Å². The van der Waals surface area contributed by atoms with E-state index in [1.54, 1.807) is 43.3 Å². The smallest absolute Gasteiger partial charge is 0.325 e. The van der Waals surface area contributed by atoms with Crippen LogP contribution in [0.25, 0.3) is 11.0 Å². The van der Waals surface area contributed by atoms with Gasteiger partial charge in [0.05, 0.1) is 11.0 Å². The van der Waals surface area contributed by atoms with Crippen LogP contribution in [0.2, 0.25) is 0 Å². The summed E-state index contributed by atoms with van der Waals surface area (Å²) in [5, 5.41) is 5.46. The second-order valence-electron chi connectivity index (χ2n) is 8.93. The average molecular weight is 419 g/mol. The SMILES string of the molecule is CC(C)(C)c1nc2ccc(NC(=O)CN3C(=O)NC(C)(c4ccccc4)C3=O)cc2[nH]1. The van der Waals surface area contributed by atoms with Crippen LogP contribution in [0, 0.1) is 0 Å². The lowest BCUT2D eigenvalue weighted by atomic mass is 9.92. The third kappa shape index (κ3) is 3.76. The number of nitrogens with zero attached hydrogens (tertiary/aromatic N) is 2. The number of amides is 4. The largest absolute Gasteiger partial charge is 0.341 e. The molecule has 0 saturated carbocycles. The number of imide groups is 1. The minimum atomic E-state index is -1.20. The van der Waals surface area contributed by atoms with Crippen LogP contribution >= 0.6 is 0 Å². The van der Waals surface area contributed by atoms with Gasteiger partial charge in [0.2, 0.25) is 5.91 Å². The lowest BCUT2D eigenvalue weighted by Crippen LogP contribution is -2.42. The summed E-state index contributed by atoms with van der Waals surface area (Å²) in [5.74, 6) is -0.0704. The highest BCUT2D eigenvalue weighted by Gasteiger charge is 2.49. The summed E-state index contributed by atoms with van der Waals surface area (Å²) < 4.78 is 0. The summed E-state index contributed by atoms with van der Waals surface area (Å²) in [6.07, 6.45) is 0. The zero-order chi connectivity index (χ0) is 22.4. The van der Waals surface area contributed by atoms with Crippen LogP contribution < -0.4 is 10.6 Å². The zero-order valence-electron chi connectivity index (χ0n) is 17.9. The average Bonchev–Trinajstić information content (AvgIpc) is 3.24. The topological polar surface area (TPSA) is 107 Å². The molecule has 3 N–H and O–H groups in total. The summed E-state index contributed by atoms with van der Waals surface area (Å²) in [5.41, 5.74) is 1.49. The van der Waals surface area contributed by atoms with Gasteiger partial charge < -0.3 is 15.6 Å². The number of hydrogen-bond acceptors (Lipinski definition) is 4. The number of hydrogen-bond donors (Lipinski definition) is 3. The van der Waals surface area contributed by atoms with Crippen LogP contribution in [0.1, 0.15) is 39.1 Å². The fourth-order valence-electron chi connectivity index (χ4n) is 3.59. The number of imidazole rings is 1. The van der Waals surface area contributed by atoms with E-state index >= 15 is 0 Å². The maximum atomic E-state index is 12.9. The van der Waals surface area contributed by atoms with Crippen molar-refractivity contribution in [2.75, 3.05) is 11.9 Å². The number of H-pyrrole nitrogens is 1. The molecule has 1 aliphatic heterocycles. The van der Waals surface area contributed by atoms with Crippen molar-refractivity contribution in [3.8, 4) is 0 Å². The summed E-state index contributed by atoms with van der Waals surface area (Å²) in [6, 6.07) is 13.7. The highest BCUT2D eigenvalue weighted by atomic mass is 16.2. The van der Waals surface area contributed by atoms with Gasteiger partial charge in [0, 0.05) is 11.1 Å². The van der Waals surface area contributed by atoms with Crippen LogP contribution in [-0.2, 0) is 20.5 Å². The summed E-state index contributed by atoms with van der Waals surface area (Å²) in [6.45, 7) is 7.46. The van der Waals surface area contributed by atoms with Crippen molar-refractivity contribution in [1.82, 2.24) is 20.2 Å². The molecule has 1 fully saturated rings. The van der Waals surface area contributed by atoms with E-state index in [-0.39, 0.29) is 12.0 Å². The number of aromatic nitrogens is 2. The van der Waals surface area contributed by atoms with Crippen molar-refractivity contribution in [3.63, 3.8) is 0 Å². The van der Waals surface area contributed by atoms with E-state index in [4.69, 9.17) is 0 Å². The number of anilines is 1. The number of nitrogens with one attached hydrogen (secondary N) is 3. The summed E-state index contributed by atoms with van der Waals surface area (Å²) in [7, 11) is 0. The Morgan fingerprint density at radius 3 is 2.52 bits per heavy atom. The van der Waals surface area contributed by atoms with Gasteiger partial charge in [-0.15, -0.1) is 0 Å². The first kappa shape index (κ1) is 20.6. The van der Waals surface area contributed by atoms with Gasteiger partial charge in [0.15, 0.2) is 0 Å². The Kier molecular flexibility index (Phi) is 4.80. The number of carbonyl (C=O) groups is 3. The highest BCUT2D eigenvalue weighted by molar-refractivity contribution is 6.10. The van der Waals surface area contributed by atoms with E-state index in [9.17, 15) is 14.4 Å². The van der Waals surface area contributed by atoms with Crippen molar-refractivity contribution in [2.24, 2.45) is 0 Å². The van der Waals surface area contributed by atoms with Crippen molar-refractivity contribution in [2.45, 2.75) is 38.6 Å². The second kappa shape index (κ2) is 7.23.